The van der Waals surface area contributed by atoms with Gasteiger partial charge in [0.1, 0.15) is 11.5 Å². The highest BCUT2D eigenvalue weighted by atomic mass is 16.1. The van der Waals surface area contributed by atoms with E-state index < -0.39 is 0 Å². The van der Waals surface area contributed by atoms with Crippen LogP contribution in [0.5, 0.6) is 0 Å². The molecule has 3 N–H and O–H groups in total. The summed E-state index contributed by atoms with van der Waals surface area (Å²) >= 11 is 0. The normalized spacial score (nSPS) is 10.3. The minimum absolute atomic E-state index is 0.258. The third-order valence-electron chi connectivity index (χ3n) is 2.36. The number of anilines is 1. The Balaban J connectivity index is 1.83. The summed E-state index contributed by atoms with van der Waals surface area (Å²) in [6.07, 6.45) is 7.12. The molecule has 1 amide bonds. The van der Waals surface area contributed by atoms with Gasteiger partial charge in [0.05, 0.1) is 18.6 Å². The molecule has 0 fully saturated rings. The van der Waals surface area contributed by atoms with Gasteiger partial charge >= 0.3 is 0 Å². The molecule has 0 saturated heterocycles. The number of nitrogens with one attached hydrogen (secondary N) is 1. The quantitative estimate of drug-likeness (QED) is 0.776. The fraction of sp³-hybridized carbons (Fsp3) is 0.273. The molecule has 7 nitrogen and oxygen atoms in total. The number of aryl methyl sites for hydroxylation is 1. The summed E-state index contributed by atoms with van der Waals surface area (Å²) in [6, 6.07) is 0. The van der Waals surface area contributed by atoms with Gasteiger partial charge in [-0.3, -0.25) is 9.48 Å². The number of amides is 1. The smallest absolute Gasteiger partial charge is 0.271 e. The minimum Gasteiger partial charge on any atom is -0.382 e. The molecule has 0 radical (unpaired) electrons. The van der Waals surface area contributed by atoms with Crippen LogP contribution >= 0.6 is 0 Å². The third-order valence-corrected chi connectivity index (χ3v) is 2.36. The van der Waals surface area contributed by atoms with Crippen molar-refractivity contribution < 1.29 is 4.79 Å². The van der Waals surface area contributed by atoms with Crippen molar-refractivity contribution in [3.8, 4) is 0 Å². The highest BCUT2D eigenvalue weighted by Crippen LogP contribution is 1.98. The minimum atomic E-state index is -0.258. The highest BCUT2D eigenvalue weighted by Gasteiger charge is 2.06. The van der Waals surface area contributed by atoms with E-state index in [4.69, 9.17) is 5.73 Å². The lowest BCUT2D eigenvalue weighted by Crippen LogP contribution is -2.26. The van der Waals surface area contributed by atoms with Crippen LogP contribution in [-0.2, 0) is 13.5 Å². The van der Waals surface area contributed by atoms with Gasteiger partial charge in [0, 0.05) is 19.8 Å². The number of hydrogen-bond donors (Lipinski definition) is 2. The van der Waals surface area contributed by atoms with Crippen LogP contribution in [0.25, 0.3) is 0 Å². The first kappa shape index (κ1) is 12.0. The molecule has 0 aliphatic heterocycles. The fourth-order valence-electron chi connectivity index (χ4n) is 1.47. The zero-order valence-electron chi connectivity index (χ0n) is 10.00. The number of nitrogen functional groups attached to an aromatic ring is 1. The van der Waals surface area contributed by atoms with E-state index >= 15 is 0 Å². The molecule has 2 heterocycles. The Morgan fingerprint density at radius 1 is 1.39 bits per heavy atom. The van der Waals surface area contributed by atoms with Gasteiger partial charge in [-0.25, -0.2) is 9.97 Å². The molecular formula is C11H14N6O. The molecule has 0 aliphatic rings. The van der Waals surface area contributed by atoms with Crippen molar-refractivity contribution in [2.24, 2.45) is 7.05 Å². The second kappa shape index (κ2) is 5.26. The van der Waals surface area contributed by atoms with Crippen LogP contribution in [-0.4, -0.2) is 32.2 Å². The Morgan fingerprint density at radius 2 is 2.22 bits per heavy atom. The van der Waals surface area contributed by atoms with Crippen molar-refractivity contribution in [1.29, 1.82) is 0 Å². The predicted molar refractivity (Wildman–Crippen MR) is 65.7 cm³/mol. The SMILES string of the molecule is Cn1cc(CCNC(=O)c2cnc(N)cn2)cn1. The molecule has 7 heteroatoms. The maximum absolute atomic E-state index is 11.7. The lowest BCUT2D eigenvalue weighted by molar-refractivity contribution is 0.0949. The molecule has 0 aliphatic carbocycles. The first-order valence-corrected chi connectivity index (χ1v) is 5.48. The molecule has 2 rings (SSSR count). The van der Waals surface area contributed by atoms with Gasteiger partial charge in [-0.2, -0.15) is 5.10 Å². The lowest BCUT2D eigenvalue weighted by atomic mass is 10.2. The Bertz CT molecular complexity index is 533. The fourth-order valence-corrected chi connectivity index (χ4v) is 1.47. The second-order valence-corrected chi connectivity index (χ2v) is 3.85. The topological polar surface area (TPSA) is 98.7 Å². The number of carbonyl (C=O) groups is 1. The average Bonchev–Trinajstić information content (AvgIpc) is 2.76. The Kier molecular flexibility index (Phi) is 3.52. The van der Waals surface area contributed by atoms with Gasteiger partial charge in [0.25, 0.3) is 5.91 Å². The first-order valence-electron chi connectivity index (χ1n) is 5.48. The van der Waals surface area contributed by atoms with Crippen molar-refractivity contribution in [3.05, 3.63) is 36.0 Å². The molecule has 0 saturated carbocycles. The monoisotopic (exact) mass is 246 g/mol. The van der Waals surface area contributed by atoms with Crippen molar-refractivity contribution in [2.75, 3.05) is 12.3 Å². The van der Waals surface area contributed by atoms with Crippen molar-refractivity contribution >= 4 is 11.7 Å². The van der Waals surface area contributed by atoms with Gasteiger partial charge in [-0.15, -0.1) is 0 Å². The highest BCUT2D eigenvalue weighted by molar-refractivity contribution is 5.91. The Hall–Kier alpha value is -2.44. The summed E-state index contributed by atoms with van der Waals surface area (Å²) in [5, 5.41) is 6.81. The molecule has 0 aromatic carbocycles. The zero-order chi connectivity index (χ0) is 13.0. The van der Waals surface area contributed by atoms with Crippen molar-refractivity contribution in [3.63, 3.8) is 0 Å². The first-order chi connectivity index (χ1) is 8.65. The summed E-state index contributed by atoms with van der Waals surface area (Å²) < 4.78 is 1.72. The van der Waals surface area contributed by atoms with Crippen LogP contribution in [0.4, 0.5) is 5.82 Å². The molecule has 2 aromatic rings. The van der Waals surface area contributed by atoms with Crippen molar-refractivity contribution in [2.45, 2.75) is 6.42 Å². The molecule has 0 bridgehead atoms. The number of hydrogen-bond acceptors (Lipinski definition) is 5. The van der Waals surface area contributed by atoms with Crippen LogP contribution in [0.3, 0.4) is 0 Å². The van der Waals surface area contributed by atoms with Crippen LogP contribution in [0.2, 0.25) is 0 Å². The number of rotatable bonds is 4. The molecule has 94 valence electrons. The predicted octanol–water partition coefficient (Wildman–Crippen LogP) is -0.235. The number of nitrogens with two attached hydrogens (primary N) is 1. The van der Waals surface area contributed by atoms with E-state index in [2.05, 4.69) is 20.4 Å². The summed E-state index contributed by atoms with van der Waals surface area (Å²) in [5.74, 6) is 0.0355. The van der Waals surface area contributed by atoms with E-state index in [1.165, 1.54) is 12.4 Å². The van der Waals surface area contributed by atoms with Gasteiger partial charge in [-0.1, -0.05) is 0 Å². The molecule has 18 heavy (non-hydrogen) atoms. The molecular weight excluding hydrogens is 232 g/mol. The van der Waals surface area contributed by atoms with E-state index in [9.17, 15) is 4.79 Å². The lowest BCUT2D eigenvalue weighted by Gasteiger charge is -2.03. The Labute approximate surface area is 104 Å². The number of aromatic nitrogens is 4. The number of nitrogens with zero attached hydrogens (tertiary/aromatic N) is 4. The summed E-state index contributed by atoms with van der Waals surface area (Å²) in [7, 11) is 1.85. The van der Waals surface area contributed by atoms with Gasteiger partial charge in [0.15, 0.2) is 0 Å². The largest absolute Gasteiger partial charge is 0.382 e. The molecule has 0 atom stereocenters. The van der Waals surface area contributed by atoms with E-state index in [-0.39, 0.29) is 11.6 Å². The van der Waals surface area contributed by atoms with E-state index in [1.807, 2.05) is 13.2 Å². The van der Waals surface area contributed by atoms with Crippen molar-refractivity contribution in [1.82, 2.24) is 25.1 Å². The van der Waals surface area contributed by atoms with Gasteiger partial charge in [-0.05, 0) is 12.0 Å². The third kappa shape index (κ3) is 3.03. The summed E-state index contributed by atoms with van der Waals surface area (Å²) in [6.45, 7) is 0.524. The Morgan fingerprint density at radius 3 is 2.83 bits per heavy atom. The summed E-state index contributed by atoms with van der Waals surface area (Å²) in [5.41, 5.74) is 6.72. The standard InChI is InChI=1S/C11H14N6O/c1-17-7-8(4-16-17)2-3-13-11(18)9-5-15-10(12)6-14-9/h4-7H,2-3H2,1H3,(H2,12,15)(H,13,18). The number of carbonyl (C=O) groups excluding carboxylic acids is 1. The van der Waals surface area contributed by atoms with E-state index in [0.29, 0.717) is 12.4 Å². The summed E-state index contributed by atoms with van der Waals surface area (Å²) in [4.78, 5) is 19.4. The maximum Gasteiger partial charge on any atom is 0.271 e. The van der Waals surface area contributed by atoms with Crippen LogP contribution in [0, 0.1) is 0 Å². The van der Waals surface area contributed by atoms with E-state index in [1.54, 1.807) is 10.9 Å². The van der Waals surface area contributed by atoms with E-state index in [0.717, 1.165) is 12.0 Å². The van der Waals surface area contributed by atoms with Gasteiger partial charge in [0.2, 0.25) is 0 Å². The molecule has 0 unspecified atom stereocenters. The maximum atomic E-state index is 11.7. The van der Waals surface area contributed by atoms with Crippen LogP contribution < -0.4 is 11.1 Å². The van der Waals surface area contributed by atoms with Crippen LogP contribution in [0.15, 0.2) is 24.8 Å². The van der Waals surface area contributed by atoms with Gasteiger partial charge < -0.3 is 11.1 Å². The zero-order valence-corrected chi connectivity index (χ0v) is 10.00. The molecule has 2 aromatic heterocycles. The second-order valence-electron chi connectivity index (χ2n) is 3.85. The average molecular weight is 246 g/mol. The van der Waals surface area contributed by atoms with Crippen LogP contribution in [0.1, 0.15) is 16.1 Å². The molecule has 0 spiro atoms.